The number of hydrogen-bond donors (Lipinski definition) is 2. The van der Waals surface area contributed by atoms with Crippen molar-refractivity contribution < 1.29 is 9.53 Å². The first-order valence-electron chi connectivity index (χ1n) is 11.6. The second-order valence-electron chi connectivity index (χ2n) is 8.63. The highest BCUT2D eigenvalue weighted by molar-refractivity contribution is 6.04. The summed E-state index contributed by atoms with van der Waals surface area (Å²) in [6, 6.07) is 16.1. The molecule has 0 unspecified atom stereocenters. The van der Waals surface area contributed by atoms with Crippen molar-refractivity contribution in [2.45, 2.75) is 19.9 Å². The van der Waals surface area contributed by atoms with Crippen LogP contribution in [0, 0.1) is 6.92 Å². The molecular weight excluding hydrogens is 456 g/mol. The summed E-state index contributed by atoms with van der Waals surface area (Å²) in [5, 5.41) is 2.88. The van der Waals surface area contributed by atoms with Gasteiger partial charge >= 0.3 is 0 Å². The van der Waals surface area contributed by atoms with Gasteiger partial charge in [0, 0.05) is 54.4 Å². The van der Waals surface area contributed by atoms with Crippen molar-refractivity contribution in [3.8, 4) is 11.4 Å². The molecule has 9 heteroatoms. The summed E-state index contributed by atoms with van der Waals surface area (Å²) in [4.78, 5) is 36.7. The number of aryl methyl sites for hydroxylation is 1. The number of nitrogens with zero attached hydrogens (tertiary/aromatic N) is 4. The maximum Gasteiger partial charge on any atom is 0.278 e. The smallest absolute Gasteiger partial charge is 0.278 e. The number of nitrogens with two attached hydrogens (primary N) is 1. The molecule has 1 aliphatic heterocycles. The van der Waals surface area contributed by atoms with Crippen molar-refractivity contribution in [1.82, 2.24) is 14.5 Å². The summed E-state index contributed by atoms with van der Waals surface area (Å²) in [5.74, 6) is 0.637. The van der Waals surface area contributed by atoms with E-state index in [1.807, 2.05) is 25.1 Å². The van der Waals surface area contributed by atoms with E-state index in [4.69, 9.17) is 10.5 Å². The quantitative estimate of drug-likeness (QED) is 0.448. The fraction of sp³-hybridized carbons (Fsp3) is 0.185. The number of amides is 1. The van der Waals surface area contributed by atoms with Gasteiger partial charge in [0.2, 0.25) is 5.95 Å². The fourth-order valence-electron chi connectivity index (χ4n) is 4.40. The number of carbonyl (C=O) groups excluding carboxylic acids is 1. The van der Waals surface area contributed by atoms with Crippen molar-refractivity contribution in [1.29, 1.82) is 0 Å². The number of rotatable bonds is 5. The highest BCUT2D eigenvalue weighted by atomic mass is 16.5. The molecule has 5 rings (SSSR count). The Morgan fingerprint density at radius 1 is 1.14 bits per heavy atom. The monoisotopic (exact) mass is 482 g/mol. The maximum absolute atomic E-state index is 13.6. The van der Waals surface area contributed by atoms with Crippen LogP contribution in [-0.4, -0.2) is 34.1 Å². The van der Waals surface area contributed by atoms with Crippen LogP contribution in [0.1, 0.15) is 27.2 Å². The lowest BCUT2D eigenvalue weighted by molar-refractivity contribution is 0.102. The van der Waals surface area contributed by atoms with Crippen molar-refractivity contribution in [3.05, 3.63) is 99.7 Å². The van der Waals surface area contributed by atoms with Gasteiger partial charge < -0.3 is 20.7 Å². The van der Waals surface area contributed by atoms with E-state index >= 15 is 0 Å². The molecule has 0 atom stereocenters. The molecule has 3 N–H and O–H groups in total. The number of benzene rings is 2. The number of nitrogens with one attached hydrogen (secondary N) is 1. The minimum absolute atomic E-state index is 0.108. The Labute approximate surface area is 208 Å². The lowest BCUT2D eigenvalue weighted by Crippen LogP contribution is -2.37. The van der Waals surface area contributed by atoms with E-state index in [-0.39, 0.29) is 17.4 Å². The Balaban J connectivity index is 1.38. The molecular formula is C27H26N6O3. The molecule has 0 bridgehead atoms. The van der Waals surface area contributed by atoms with Crippen LogP contribution >= 0.6 is 0 Å². The van der Waals surface area contributed by atoms with Crippen LogP contribution in [0.4, 0.5) is 17.3 Å². The Morgan fingerprint density at radius 3 is 2.72 bits per heavy atom. The highest BCUT2D eigenvalue weighted by Crippen LogP contribution is 2.24. The topological polar surface area (TPSA) is 115 Å². The largest absolute Gasteiger partial charge is 0.497 e. The Kier molecular flexibility index (Phi) is 6.12. The van der Waals surface area contributed by atoms with Crippen molar-refractivity contribution >= 4 is 23.2 Å². The summed E-state index contributed by atoms with van der Waals surface area (Å²) in [6.07, 6.45) is 4.20. The number of ether oxygens (including phenoxy) is 1. The minimum atomic E-state index is -0.243. The maximum atomic E-state index is 13.6. The van der Waals surface area contributed by atoms with Gasteiger partial charge in [0.1, 0.15) is 11.4 Å². The van der Waals surface area contributed by atoms with E-state index in [2.05, 4.69) is 20.2 Å². The first-order chi connectivity index (χ1) is 17.4. The third-order valence-electron chi connectivity index (χ3n) is 6.27. The first-order valence-corrected chi connectivity index (χ1v) is 11.6. The number of nitrogen functional groups attached to an aromatic ring is 1. The van der Waals surface area contributed by atoms with Gasteiger partial charge in [-0.1, -0.05) is 6.07 Å². The molecule has 1 aliphatic rings. The zero-order valence-corrected chi connectivity index (χ0v) is 20.1. The van der Waals surface area contributed by atoms with Crippen molar-refractivity contribution in [2.75, 3.05) is 29.6 Å². The zero-order chi connectivity index (χ0) is 25.2. The minimum Gasteiger partial charge on any atom is -0.497 e. The molecule has 1 amide bonds. The zero-order valence-electron chi connectivity index (χ0n) is 20.1. The van der Waals surface area contributed by atoms with E-state index in [1.165, 1.54) is 0 Å². The molecule has 2 aromatic carbocycles. The highest BCUT2D eigenvalue weighted by Gasteiger charge is 2.23. The molecule has 0 radical (unpaired) electrons. The van der Waals surface area contributed by atoms with Gasteiger partial charge in [0.25, 0.3) is 11.5 Å². The molecule has 3 heterocycles. The van der Waals surface area contributed by atoms with Gasteiger partial charge in [0.05, 0.1) is 12.8 Å². The molecule has 9 nitrogen and oxygen atoms in total. The predicted molar refractivity (Wildman–Crippen MR) is 139 cm³/mol. The van der Waals surface area contributed by atoms with Gasteiger partial charge in [-0.25, -0.2) is 9.97 Å². The van der Waals surface area contributed by atoms with Gasteiger partial charge in [-0.3, -0.25) is 14.2 Å². The summed E-state index contributed by atoms with van der Waals surface area (Å²) in [7, 11) is 1.56. The van der Waals surface area contributed by atoms with Crippen LogP contribution in [0.3, 0.4) is 0 Å². The summed E-state index contributed by atoms with van der Waals surface area (Å²) >= 11 is 0. The van der Waals surface area contributed by atoms with E-state index < -0.39 is 0 Å². The normalized spacial score (nSPS) is 12.7. The number of carbonyl (C=O) groups is 1. The Hall–Kier alpha value is -4.66. The van der Waals surface area contributed by atoms with Gasteiger partial charge in [-0.2, -0.15) is 0 Å². The number of hydrogen-bond acceptors (Lipinski definition) is 7. The van der Waals surface area contributed by atoms with E-state index in [1.54, 1.807) is 60.5 Å². The van der Waals surface area contributed by atoms with E-state index in [0.29, 0.717) is 47.9 Å². The summed E-state index contributed by atoms with van der Waals surface area (Å²) < 4.78 is 6.80. The van der Waals surface area contributed by atoms with Crippen LogP contribution in [0.5, 0.6) is 5.75 Å². The second-order valence-corrected chi connectivity index (χ2v) is 8.63. The van der Waals surface area contributed by atoms with E-state index in [0.717, 1.165) is 16.8 Å². The lowest BCUT2D eigenvalue weighted by Gasteiger charge is -2.30. The summed E-state index contributed by atoms with van der Waals surface area (Å²) in [6.45, 7) is 3.15. The molecule has 0 saturated heterocycles. The molecule has 0 spiro atoms. The lowest BCUT2D eigenvalue weighted by atomic mass is 10.1. The molecule has 0 fully saturated rings. The average Bonchev–Trinajstić information content (AvgIpc) is 2.89. The molecule has 2 aromatic heterocycles. The number of anilines is 3. The molecule has 4 aromatic rings. The fourth-order valence-corrected chi connectivity index (χ4v) is 4.40. The number of pyridine rings is 1. The van der Waals surface area contributed by atoms with Crippen molar-refractivity contribution in [2.24, 2.45) is 0 Å². The molecule has 182 valence electrons. The van der Waals surface area contributed by atoms with Gasteiger partial charge in [0.15, 0.2) is 0 Å². The third-order valence-corrected chi connectivity index (χ3v) is 6.27. The Morgan fingerprint density at radius 2 is 1.94 bits per heavy atom. The summed E-state index contributed by atoms with van der Waals surface area (Å²) in [5.41, 5.74) is 10.9. The average molecular weight is 483 g/mol. The number of methoxy groups -OCH3 is 1. The Bertz CT molecular complexity index is 1500. The van der Waals surface area contributed by atoms with Crippen LogP contribution in [0.2, 0.25) is 0 Å². The van der Waals surface area contributed by atoms with Crippen molar-refractivity contribution in [3.63, 3.8) is 0 Å². The second kappa shape index (κ2) is 9.53. The number of fused-ring (bicyclic) bond motifs is 1. The first kappa shape index (κ1) is 23.1. The molecule has 0 saturated carbocycles. The van der Waals surface area contributed by atoms with Crippen LogP contribution < -0.4 is 26.2 Å². The van der Waals surface area contributed by atoms with Crippen LogP contribution in [-0.2, 0) is 13.0 Å². The van der Waals surface area contributed by atoms with Crippen LogP contribution in [0.15, 0.2) is 71.8 Å². The van der Waals surface area contributed by atoms with E-state index in [9.17, 15) is 9.59 Å². The van der Waals surface area contributed by atoms with Gasteiger partial charge in [-0.15, -0.1) is 0 Å². The third kappa shape index (κ3) is 4.50. The molecule has 0 aliphatic carbocycles. The van der Waals surface area contributed by atoms with Crippen LogP contribution in [0.25, 0.3) is 5.69 Å². The SMILES string of the molecule is COc1cccc(C(=O)Nc2ccc(-n3ccc(C)c(N4CCc5nc(N)ncc5C4)c3=O)cc2)c1. The molecule has 36 heavy (non-hydrogen) atoms. The number of aromatic nitrogens is 3. The predicted octanol–water partition coefficient (Wildman–Crippen LogP) is 3.34. The van der Waals surface area contributed by atoms with Gasteiger partial charge in [-0.05, 0) is 61.0 Å². The standard InChI is InChI=1S/C27H26N6O3/c1-17-10-13-33(26(35)24(17)32-12-11-23-19(16-32)15-29-27(28)31-23)21-8-6-20(7-9-21)30-25(34)18-4-3-5-22(14-18)36-2/h3-10,13-15H,11-12,16H2,1-2H3,(H,30,34)(H2,28,29,31).